The number of carbonyl (C=O) groups excluding carboxylic acids is 3. The van der Waals surface area contributed by atoms with Gasteiger partial charge in [0.1, 0.15) is 34.6 Å². The fourth-order valence-electron chi connectivity index (χ4n) is 8.39. The van der Waals surface area contributed by atoms with Gasteiger partial charge < -0.3 is 33.7 Å². The van der Waals surface area contributed by atoms with E-state index in [9.17, 15) is 29.1 Å². The molecule has 1 unspecified atom stereocenters. The molecule has 1 aliphatic heterocycles. The molecule has 73 heavy (non-hydrogen) atoms. The van der Waals surface area contributed by atoms with Crippen LogP contribution in [0.2, 0.25) is 0 Å². The highest BCUT2D eigenvalue weighted by Crippen LogP contribution is 2.28. The molecule has 15 nitrogen and oxygen atoms in total. The number of imide groups is 1. The number of amides is 3. The summed E-state index contributed by atoms with van der Waals surface area (Å²) in [4.78, 5) is 66.2. The Hall–Kier alpha value is -7.03. The maximum Gasteiger partial charge on any atom is 0.350 e. The molecule has 1 fully saturated rings. The van der Waals surface area contributed by atoms with Crippen molar-refractivity contribution in [1.82, 2.24) is 18.9 Å². The highest BCUT2D eigenvalue weighted by molar-refractivity contribution is 6.04. The van der Waals surface area contributed by atoms with E-state index in [0.29, 0.717) is 43.3 Å². The molecule has 3 amide bonds. The molecular formula is C58H76N4O11. The molecule has 1 aliphatic rings. The lowest BCUT2D eigenvalue weighted by Crippen LogP contribution is -2.43. The predicted molar refractivity (Wildman–Crippen MR) is 282 cm³/mol. The molecule has 1 saturated heterocycles. The molecule has 1 N–H and O–H groups in total. The lowest BCUT2D eigenvalue weighted by atomic mass is 10.0. The SMILES string of the molecule is CCCN1C(=O)N(Cc2cccc(OC)c2)C(=O)C1CCCc1ccc(OC(C)(C)C(=O)OC(C)(C)C)cc1.CCCn1c(CCCc2ccc(OC(C)(C)C(=O)O)cc2)cn(Cc2cccc(OC)c2)c1=O. The smallest absolute Gasteiger partial charge is 0.350 e. The van der Waals surface area contributed by atoms with E-state index >= 15 is 0 Å². The first-order valence-corrected chi connectivity index (χ1v) is 25.3. The second-order valence-corrected chi connectivity index (χ2v) is 20.4. The van der Waals surface area contributed by atoms with Crippen molar-refractivity contribution in [3.8, 4) is 23.0 Å². The molecule has 1 aromatic heterocycles. The van der Waals surface area contributed by atoms with Gasteiger partial charge in [0.25, 0.3) is 5.91 Å². The quantitative estimate of drug-likeness (QED) is 0.0461. The summed E-state index contributed by atoms with van der Waals surface area (Å²) in [5, 5.41) is 9.21. The number of esters is 1. The Balaban J connectivity index is 0.000000273. The average molecular weight is 1010 g/mol. The highest BCUT2D eigenvalue weighted by atomic mass is 16.6. The van der Waals surface area contributed by atoms with Crippen molar-refractivity contribution in [2.24, 2.45) is 0 Å². The minimum Gasteiger partial charge on any atom is -0.497 e. The number of benzene rings is 4. The Bertz CT molecular complexity index is 2680. The van der Waals surface area contributed by atoms with Crippen LogP contribution in [-0.2, 0) is 58.0 Å². The van der Waals surface area contributed by atoms with Crippen LogP contribution in [0.1, 0.15) is 122 Å². The van der Waals surface area contributed by atoms with Gasteiger partial charge in [-0.1, -0.05) is 62.4 Å². The summed E-state index contributed by atoms with van der Waals surface area (Å²) < 4.78 is 31.2. The Morgan fingerprint density at radius 3 is 1.64 bits per heavy atom. The number of aromatic nitrogens is 2. The van der Waals surface area contributed by atoms with E-state index in [1.165, 1.54) is 18.7 Å². The van der Waals surface area contributed by atoms with Crippen LogP contribution < -0.4 is 24.6 Å². The van der Waals surface area contributed by atoms with Gasteiger partial charge in [-0.2, -0.15) is 0 Å². The van der Waals surface area contributed by atoms with E-state index in [1.54, 1.807) is 49.7 Å². The van der Waals surface area contributed by atoms with Gasteiger partial charge in [0.15, 0.2) is 11.2 Å². The van der Waals surface area contributed by atoms with Crippen LogP contribution in [0.25, 0.3) is 0 Å². The number of carbonyl (C=O) groups is 4. The van der Waals surface area contributed by atoms with Crippen LogP contribution in [0.15, 0.2) is 108 Å². The minimum atomic E-state index is -1.28. The van der Waals surface area contributed by atoms with Crippen LogP contribution in [-0.4, -0.2) is 91.5 Å². The summed E-state index contributed by atoms with van der Waals surface area (Å²) in [6, 6.07) is 29.6. The van der Waals surface area contributed by atoms with E-state index < -0.39 is 34.8 Å². The van der Waals surface area contributed by atoms with Crippen molar-refractivity contribution in [1.29, 1.82) is 0 Å². The second kappa shape index (κ2) is 25.6. The zero-order valence-electron chi connectivity index (χ0n) is 44.7. The van der Waals surface area contributed by atoms with Crippen LogP contribution in [0.5, 0.6) is 23.0 Å². The number of carboxylic acids is 1. The number of methoxy groups -OCH3 is 2. The number of imidazole rings is 1. The van der Waals surface area contributed by atoms with Crippen LogP contribution in [0, 0.1) is 0 Å². The van der Waals surface area contributed by atoms with Crippen molar-refractivity contribution in [3.05, 3.63) is 142 Å². The summed E-state index contributed by atoms with van der Waals surface area (Å²) in [6.07, 6.45) is 8.28. The van der Waals surface area contributed by atoms with Crippen molar-refractivity contribution >= 4 is 23.9 Å². The lowest BCUT2D eigenvalue weighted by molar-refractivity contribution is -0.171. The number of urea groups is 1. The van der Waals surface area contributed by atoms with Crippen LogP contribution in [0.3, 0.4) is 0 Å². The van der Waals surface area contributed by atoms with E-state index in [1.807, 2.05) is 123 Å². The van der Waals surface area contributed by atoms with Crippen molar-refractivity contribution in [3.63, 3.8) is 0 Å². The highest BCUT2D eigenvalue weighted by Gasteiger charge is 2.44. The number of ether oxygens (including phenoxy) is 5. The first-order valence-electron chi connectivity index (χ1n) is 25.3. The monoisotopic (exact) mass is 1000 g/mol. The zero-order chi connectivity index (χ0) is 53.5. The number of carboxylic acid groups (broad SMARTS) is 1. The molecular weight excluding hydrogens is 929 g/mol. The normalized spacial score (nSPS) is 13.9. The van der Waals surface area contributed by atoms with Crippen molar-refractivity contribution in [2.75, 3.05) is 20.8 Å². The molecule has 0 spiro atoms. The fraction of sp³-hybridized carbons (Fsp3) is 0.466. The van der Waals surface area contributed by atoms with Gasteiger partial charge in [0, 0.05) is 25.0 Å². The first-order chi connectivity index (χ1) is 34.6. The molecule has 0 saturated carbocycles. The third-order valence-corrected chi connectivity index (χ3v) is 12.2. The molecule has 0 aliphatic carbocycles. The number of rotatable bonds is 24. The van der Waals surface area contributed by atoms with Crippen LogP contribution in [0.4, 0.5) is 4.79 Å². The minimum absolute atomic E-state index is 0.0159. The van der Waals surface area contributed by atoms with E-state index in [-0.39, 0.29) is 24.2 Å². The Kier molecular flexibility index (Phi) is 19.9. The van der Waals surface area contributed by atoms with Crippen molar-refractivity contribution in [2.45, 2.75) is 156 Å². The lowest BCUT2D eigenvalue weighted by Gasteiger charge is -2.29. The summed E-state index contributed by atoms with van der Waals surface area (Å²) >= 11 is 0. The van der Waals surface area contributed by atoms with Gasteiger partial charge in [-0.05, 0) is 171 Å². The second-order valence-electron chi connectivity index (χ2n) is 20.4. The van der Waals surface area contributed by atoms with Gasteiger partial charge in [-0.25, -0.2) is 19.2 Å². The number of aryl methyl sites for hydroxylation is 3. The Labute approximate surface area is 431 Å². The van der Waals surface area contributed by atoms with E-state index in [0.717, 1.165) is 78.6 Å². The summed E-state index contributed by atoms with van der Waals surface area (Å²) in [5.41, 5.74) is 2.17. The number of hydrogen-bond acceptors (Lipinski definition) is 10. The third-order valence-electron chi connectivity index (χ3n) is 12.2. The third kappa shape index (κ3) is 16.2. The summed E-state index contributed by atoms with van der Waals surface area (Å²) in [7, 11) is 3.23. The van der Waals surface area contributed by atoms with Gasteiger partial charge in [-0.3, -0.25) is 18.8 Å². The molecule has 6 rings (SSSR count). The Morgan fingerprint density at radius 1 is 0.616 bits per heavy atom. The van der Waals surface area contributed by atoms with Gasteiger partial charge in [0.05, 0.1) is 27.3 Å². The average Bonchev–Trinajstić information content (AvgIpc) is 3.74. The maximum absolute atomic E-state index is 13.3. The molecule has 5 aromatic rings. The molecule has 0 radical (unpaired) electrons. The molecule has 4 aromatic carbocycles. The van der Waals surface area contributed by atoms with E-state index in [4.69, 9.17) is 23.7 Å². The van der Waals surface area contributed by atoms with Gasteiger partial charge in [-0.15, -0.1) is 0 Å². The van der Waals surface area contributed by atoms with Gasteiger partial charge in [0.2, 0.25) is 0 Å². The first kappa shape index (κ1) is 56.9. The Morgan fingerprint density at radius 2 is 1.14 bits per heavy atom. The summed E-state index contributed by atoms with van der Waals surface area (Å²) in [5.74, 6) is 1.00. The number of hydrogen-bond donors (Lipinski definition) is 1. The summed E-state index contributed by atoms with van der Waals surface area (Å²) in [6.45, 7) is 18.0. The zero-order valence-corrected chi connectivity index (χ0v) is 44.7. The van der Waals surface area contributed by atoms with Crippen LogP contribution >= 0.6 is 0 Å². The number of aliphatic carboxylic acids is 1. The fourth-order valence-corrected chi connectivity index (χ4v) is 8.39. The largest absolute Gasteiger partial charge is 0.497 e. The van der Waals surface area contributed by atoms with E-state index in [2.05, 4.69) is 6.92 Å². The maximum atomic E-state index is 13.3. The molecule has 15 heteroatoms. The van der Waals surface area contributed by atoms with Gasteiger partial charge >= 0.3 is 23.7 Å². The molecule has 2 heterocycles. The molecule has 1 atom stereocenters. The molecule has 0 bridgehead atoms. The topological polar surface area (TPSA) is 168 Å². The standard InChI is InChI=1S/C31H42N2O6.C27H34N2O5/c1-8-19-32-26(27(34)33(29(32)36)21-23-12-9-13-25(20-23)37-7)14-10-11-22-15-17-24(18-16-22)38-31(5,6)28(35)39-30(2,3)4;1-5-16-29-22(19-28(26(29)32)18-21-9-7-11-24(17-21)33-4)10-6-8-20-12-14-23(15-13-20)34-27(2,3)25(30)31/h9,12-13,15-18,20,26H,8,10-11,14,19,21H2,1-7H3;7,9,11-15,17,19H,5-6,8,10,16,18H2,1-4H3,(H,30,31). The molecule has 394 valence electrons. The predicted octanol–water partition coefficient (Wildman–Crippen LogP) is 10.3. The number of nitrogens with zero attached hydrogens (tertiary/aromatic N) is 4. The van der Waals surface area contributed by atoms with Crippen molar-refractivity contribution < 1.29 is 48.0 Å².